The first-order valence-corrected chi connectivity index (χ1v) is 3.46. The fourth-order valence-electron chi connectivity index (χ4n) is 0.688. The molecule has 64 valence electrons. The summed E-state index contributed by atoms with van der Waals surface area (Å²) in [6, 6.07) is 1.04. The van der Waals surface area contributed by atoms with Gasteiger partial charge in [-0.1, -0.05) is 0 Å². The average molecular weight is 167 g/mol. The Bertz CT molecular complexity index is 263. The van der Waals surface area contributed by atoms with Gasteiger partial charge in [-0.3, -0.25) is 4.79 Å². The summed E-state index contributed by atoms with van der Waals surface area (Å²) in [6.07, 6.45) is 2.97. The molecule has 1 aromatic rings. The zero-order valence-electron chi connectivity index (χ0n) is 6.56. The van der Waals surface area contributed by atoms with Gasteiger partial charge in [-0.05, 0) is 13.0 Å². The number of carboxylic acids is 1. The van der Waals surface area contributed by atoms with Gasteiger partial charge in [-0.15, -0.1) is 0 Å². The zero-order valence-corrected chi connectivity index (χ0v) is 6.56. The summed E-state index contributed by atoms with van der Waals surface area (Å²) in [5.74, 6) is -0.896. The Morgan fingerprint density at radius 2 is 2.42 bits per heavy atom. The highest BCUT2D eigenvalue weighted by Gasteiger charge is 2.09. The summed E-state index contributed by atoms with van der Waals surface area (Å²) in [4.78, 5) is 10.4. The highest BCUT2D eigenvalue weighted by molar-refractivity contribution is 5.76. The molecule has 0 aliphatic rings. The molecule has 5 heteroatoms. The Morgan fingerprint density at radius 1 is 1.67 bits per heavy atom. The smallest absolute Gasteiger partial charge is 0.325 e. The van der Waals surface area contributed by atoms with E-state index in [1.54, 1.807) is 13.0 Å². The van der Waals surface area contributed by atoms with Gasteiger partial charge in [0, 0.05) is 0 Å². The van der Waals surface area contributed by atoms with Crippen molar-refractivity contribution in [1.29, 1.82) is 0 Å². The van der Waals surface area contributed by atoms with Crippen LogP contribution in [0.4, 0.5) is 5.69 Å². The van der Waals surface area contributed by atoms with Gasteiger partial charge < -0.3 is 10.4 Å². The third-order valence-electron chi connectivity index (χ3n) is 1.34. The van der Waals surface area contributed by atoms with Crippen LogP contribution < -0.4 is 5.32 Å². The summed E-state index contributed by atoms with van der Waals surface area (Å²) in [5, 5.41) is 18.4. The van der Waals surface area contributed by atoms with E-state index in [2.05, 4.69) is 15.5 Å². The summed E-state index contributed by atoms with van der Waals surface area (Å²) in [7, 11) is 0. The van der Waals surface area contributed by atoms with Crippen LogP contribution in [0.15, 0.2) is 18.5 Å². The third-order valence-corrected chi connectivity index (χ3v) is 1.34. The van der Waals surface area contributed by atoms with Crippen molar-refractivity contribution in [3.8, 4) is 0 Å². The minimum Gasteiger partial charge on any atom is -0.480 e. The molecule has 1 atom stereocenters. The second-order valence-corrected chi connectivity index (χ2v) is 2.34. The molecule has 0 radical (unpaired) electrons. The molecule has 12 heavy (non-hydrogen) atoms. The number of anilines is 1. The van der Waals surface area contributed by atoms with Crippen LogP contribution in [0.5, 0.6) is 0 Å². The Hall–Kier alpha value is -1.65. The standard InChI is InChI=1S/C7H9N3O2/c1-5(7(11)12)10-6-2-3-8-9-4-6/h2-5H,1H3,(H,8,10)(H,11,12)/t5-/m0/s1. The first kappa shape index (κ1) is 8.45. The number of carbonyl (C=O) groups is 1. The second kappa shape index (κ2) is 3.66. The molecular weight excluding hydrogens is 158 g/mol. The number of hydrogen-bond donors (Lipinski definition) is 2. The van der Waals surface area contributed by atoms with Gasteiger partial charge in [0.15, 0.2) is 0 Å². The summed E-state index contributed by atoms with van der Waals surface area (Å²) in [5.41, 5.74) is 0.653. The summed E-state index contributed by atoms with van der Waals surface area (Å²) < 4.78 is 0. The Labute approximate surface area is 69.4 Å². The van der Waals surface area contributed by atoms with E-state index >= 15 is 0 Å². The van der Waals surface area contributed by atoms with E-state index in [1.807, 2.05) is 0 Å². The van der Waals surface area contributed by atoms with Crippen LogP contribution in [0.3, 0.4) is 0 Å². The first-order chi connectivity index (χ1) is 5.70. The largest absolute Gasteiger partial charge is 0.480 e. The van der Waals surface area contributed by atoms with Crippen LogP contribution in [-0.4, -0.2) is 27.3 Å². The van der Waals surface area contributed by atoms with E-state index in [-0.39, 0.29) is 0 Å². The molecule has 5 nitrogen and oxygen atoms in total. The maximum atomic E-state index is 10.4. The van der Waals surface area contributed by atoms with Crippen molar-refractivity contribution in [1.82, 2.24) is 10.2 Å². The molecule has 0 aliphatic carbocycles. The van der Waals surface area contributed by atoms with E-state index in [9.17, 15) is 4.79 Å². The van der Waals surface area contributed by atoms with Crippen molar-refractivity contribution in [2.45, 2.75) is 13.0 Å². The molecule has 0 amide bonds. The van der Waals surface area contributed by atoms with Crippen LogP contribution in [0.2, 0.25) is 0 Å². The molecule has 0 saturated carbocycles. The van der Waals surface area contributed by atoms with Gasteiger partial charge in [0.2, 0.25) is 0 Å². The lowest BCUT2D eigenvalue weighted by atomic mass is 10.3. The van der Waals surface area contributed by atoms with Gasteiger partial charge >= 0.3 is 5.97 Å². The molecule has 1 aromatic heterocycles. The quantitative estimate of drug-likeness (QED) is 0.679. The van der Waals surface area contributed by atoms with E-state index in [4.69, 9.17) is 5.11 Å². The Balaban J connectivity index is 2.58. The second-order valence-electron chi connectivity index (χ2n) is 2.34. The normalized spacial score (nSPS) is 12.1. The first-order valence-electron chi connectivity index (χ1n) is 3.46. The molecule has 0 aromatic carbocycles. The minimum atomic E-state index is -0.896. The summed E-state index contributed by atoms with van der Waals surface area (Å²) in [6.45, 7) is 1.56. The van der Waals surface area contributed by atoms with Crippen molar-refractivity contribution in [3.05, 3.63) is 18.5 Å². The van der Waals surface area contributed by atoms with E-state index in [1.165, 1.54) is 12.4 Å². The number of carboxylic acid groups (broad SMARTS) is 1. The van der Waals surface area contributed by atoms with Crippen LogP contribution in [-0.2, 0) is 4.79 Å². The molecule has 0 spiro atoms. The summed E-state index contributed by atoms with van der Waals surface area (Å²) >= 11 is 0. The van der Waals surface area contributed by atoms with E-state index in [0.717, 1.165) is 0 Å². The van der Waals surface area contributed by atoms with Crippen molar-refractivity contribution in [3.63, 3.8) is 0 Å². The highest BCUT2D eigenvalue weighted by Crippen LogP contribution is 2.03. The molecule has 0 aliphatic heterocycles. The molecule has 2 N–H and O–H groups in total. The Morgan fingerprint density at radius 3 is 2.92 bits per heavy atom. The lowest BCUT2D eigenvalue weighted by molar-refractivity contribution is -0.137. The molecular formula is C7H9N3O2. The third kappa shape index (κ3) is 2.19. The average Bonchev–Trinajstić information content (AvgIpc) is 2.06. The molecule has 0 saturated heterocycles. The fraction of sp³-hybridized carbons (Fsp3) is 0.286. The fourth-order valence-corrected chi connectivity index (χ4v) is 0.688. The van der Waals surface area contributed by atoms with Gasteiger partial charge in [0.25, 0.3) is 0 Å². The number of nitrogens with zero attached hydrogens (tertiary/aromatic N) is 2. The number of aromatic nitrogens is 2. The van der Waals surface area contributed by atoms with Crippen LogP contribution in [0.1, 0.15) is 6.92 Å². The van der Waals surface area contributed by atoms with Crippen molar-refractivity contribution >= 4 is 11.7 Å². The van der Waals surface area contributed by atoms with E-state index in [0.29, 0.717) is 5.69 Å². The van der Waals surface area contributed by atoms with Crippen molar-refractivity contribution in [2.24, 2.45) is 0 Å². The molecule has 0 fully saturated rings. The maximum Gasteiger partial charge on any atom is 0.325 e. The van der Waals surface area contributed by atoms with Gasteiger partial charge in [-0.2, -0.15) is 10.2 Å². The number of hydrogen-bond acceptors (Lipinski definition) is 4. The molecule has 1 heterocycles. The molecule has 0 bridgehead atoms. The van der Waals surface area contributed by atoms with Crippen molar-refractivity contribution < 1.29 is 9.90 Å². The van der Waals surface area contributed by atoms with Crippen LogP contribution in [0.25, 0.3) is 0 Å². The SMILES string of the molecule is C[C@H](Nc1ccnnc1)C(=O)O. The molecule has 0 unspecified atom stereocenters. The number of aliphatic carboxylic acids is 1. The van der Waals surface area contributed by atoms with E-state index < -0.39 is 12.0 Å². The molecule has 1 rings (SSSR count). The topological polar surface area (TPSA) is 75.1 Å². The van der Waals surface area contributed by atoms with Gasteiger partial charge in [-0.25, -0.2) is 0 Å². The number of nitrogens with one attached hydrogen (secondary N) is 1. The Kier molecular flexibility index (Phi) is 2.57. The predicted molar refractivity (Wildman–Crippen MR) is 42.8 cm³/mol. The van der Waals surface area contributed by atoms with Crippen LogP contribution in [0, 0.1) is 0 Å². The maximum absolute atomic E-state index is 10.4. The minimum absolute atomic E-state index is 0.616. The lowest BCUT2D eigenvalue weighted by Crippen LogP contribution is -2.25. The predicted octanol–water partition coefficient (Wildman–Crippen LogP) is 0.362. The van der Waals surface area contributed by atoms with Crippen LogP contribution >= 0.6 is 0 Å². The zero-order chi connectivity index (χ0) is 8.97. The lowest BCUT2D eigenvalue weighted by Gasteiger charge is -2.08. The monoisotopic (exact) mass is 167 g/mol. The van der Waals surface area contributed by atoms with Crippen molar-refractivity contribution in [2.75, 3.05) is 5.32 Å². The van der Waals surface area contributed by atoms with Gasteiger partial charge in [0.05, 0.1) is 18.1 Å². The highest BCUT2D eigenvalue weighted by atomic mass is 16.4. The van der Waals surface area contributed by atoms with Gasteiger partial charge in [0.1, 0.15) is 6.04 Å². The number of rotatable bonds is 3.